The first kappa shape index (κ1) is 29.4. The molecule has 42 heavy (non-hydrogen) atoms. The van der Waals surface area contributed by atoms with Crippen molar-refractivity contribution in [1.82, 2.24) is 0 Å². The number of aryl methyl sites for hydroxylation is 1. The van der Waals surface area contributed by atoms with Gasteiger partial charge in [-0.2, -0.15) is 4.39 Å². The second-order valence-electron chi connectivity index (χ2n) is 11.3. The Morgan fingerprint density at radius 2 is 1.95 bits per heavy atom. The smallest absolute Gasteiger partial charge is 0.201 e. The van der Waals surface area contributed by atoms with E-state index >= 15 is 0 Å². The van der Waals surface area contributed by atoms with Gasteiger partial charge in [-0.15, -0.1) is 0 Å². The molecule has 1 heterocycles. The van der Waals surface area contributed by atoms with Crippen LogP contribution in [0.1, 0.15) is 79.8 Å². The van der Waals surface area contributed by atoms with Crippen molar-refractivity contribution in [3.8, 4) is 5.75 Å². The van der Waals surface area contributed by atoms with Gasteiger partial charge in [-0.3, -0.25) is 9.79 Å². The number of carbonyl (C=O) groups excluding carboxylic acids is 1. The molecule has 1 atom stereocenters. The van der Waals surface area contributed by atoms with E-state index in [9.17, 15) is 13.6 Å². The van der Waals surface area contributed by atoms with Crippen LogP contribution in [0, 0.1) is 23.0 Å². The van der Waals surface area contributed by atoms with Gasteiger partial charge >= 0.3 is 0 Å². The van der Waals surface area contributed by atoms with Crippen LogP contribution in [-0.2, 0) is 6.42 Å². The van der Waals surface area contributed by atoms with E-state index in [1.54, 1.807) is 6.20 Å². The van der Waals surface area contributed by atoms with Crippen molar-refractivity contribution in [3.05, 3.63) is 100 Å². The fourth-order valence-corrected chi connectivity index (χ4v) is 5.91. The predicted octanol–water partition coefficient (Wildman–Crippen LogP) is 8.78. The lowest BCUT2D eigenvalue weighted by Crippen LogP contribution is -2.18. The van der Waals surface area contributed by atoms with Gasteiger partial charge in [-0.1, -0.05) is 30.7 Å². The molecule has 0 amide bonds. The molecular weight excluding hydrogens is 532 g/mol. The second-order valence-corrected chi connectivity index (χ2v) is 11.3. The zero-order chi connectivity index (χ0) is 29.6. The highest BCUT2D eigenvalue weighted by Crippen LogP contribution is 2.35. The van der Waals surface area contributed by atoms with Crippen LogP contribution in [0.15, 0.2) is 77.1 Å². The summed E-state index contributed by atoms with van der Waals surface area (Å²) < 4.78 is 34.2. The summed E-state index contributed by atoms with van der Waals surface area (Å²) in [7, 11) is 1.31. The Balaban J connectivity index is 1.34. The molecule has 0 fully saturated rings. The highest BCUT2D eigenvalue weighted by atomic mass is 19.2. The van der Waals surface area contributed by atoms with Gasteiger partial charge in [0.15, 0.2) is 17.3 Å². The molecule has 0 spiro atoms. The van der Waals surface area contributed by atoms with Crippen LogP contribution < -0.4 is 10.1 Å². The molecule has 2 aliphatic carbocycles. The predicted molar refractivity (Wildman–Crippen MR) is 166 cm³/mol. The Hall–Kier alpha value is -4.13. The van der Waals surface area contributed by atoms with E-state index in [4.69, 9.17) is 15.1 Å². The highest BCUT2D eigenvalue weighted by Gasteiger charge is 2.25. The van der Waals surface area contributed by atoms with E-state index in [-0.39, 0.29) is 17.1 Å². The monoisotopic (exact) mass is 569 g/mol. The number of ether oxygens (including phenoxy) is 1. The van der Waals surface area contributed by atoms with Gasteiger partial charge in [0.2, 0.25) is 5.82 Å². The Kier molecular flexibility index (Phi) is 9.25. The molecule has 0 radical (unpaired) electrons. The number of methoxy groups -OCH3 is 1. The fraction of sp³-hybridized carbons (Fsp3) is 0.343. The molecule has 3 aliphatic rings. The van der Waals surface area contributed by atoms with E-state index in [1.165, 1.54) is 19.2 Å². The number of rotatable bonds is 9. The minimum absolute atomic E-state index is 0.133. The summed E-state index contributed by atoms with van der Waals surface area (Å²) in [6.07, 6.45) is 17.1. The van der Waals surface area contributed by atoms with Gasteiger partial charge in [-0.05, 0) is 98.4 Å². The van der Waals surface area contributed by atoms with Crippen LogP contribution in [0.2, 0.25) is 0 Å². The number of nitrogens with one attached hydrogen (secondary N) is 2. The van der Waals surface area contributed by atoms with E-state index in [0.29, 0.717) is 30.8 Å². The lowest BCUT2D eigenvalue weighted by atomic mass is 9.91. The highest BCUT2D eigenvalue weighted by molar-refractivity contribution is 6.16. The van der Waals surface area contributed by atoms with Crippen LogP contribution >= 0.6 is 0 Å². The van der Waals surface area contributed by atoms with Gasteiger partial charge < -0.3 is 15.5 Å². The van der Waals surface area contributed by atoms with Crippen molar-refractivity contribution in [2.24, 2.45) is 10.9 Å². The first-order valence-electron chi connectivity index (χ1n) is 14.7. The number of ketones is 1. The number of Topliss-reactive ketones (excluding diaryl/α,β-unsaturated/α-hetero) is 1. The summed E-state index contributed by atoms with van der Waals surface area (Å²) in [5.74, 6) is -1.50. The molecule has 1 aliphatic heterocycles. The number of carbonyl (C=O) groups is 1. The number of benzene rings is 2. The van der Waals surface area contributed by atoms with Crippen LogP contribution in [0.3, 0.4) is 0 Å². The molecule has 2 aromatic carbocycles. The van der Waals surface area contributed by atoms with Crippen LogP contribution in [0.4, 0.5) is 14.5 Å². The Morgan fingerprint density at radius 1 is 1.12 bits per heavy atom. The SMILES string of the molecule is COc1ccc(C2=CN=C3C(Nc4ccc5c(c4)CCC(CCCCC(C)=N)CC5=O)=CC/C=C\C=C/3C2)c(F)c1F. The van der Waals surface area contributed by atoms with E-state index in [2.05, 4.69) is 17.5 Å². The van der Waals surface area contributed by atoms with E-state index < -0.39 is 11.6 Å². The number of hydrogen-bond donors (Lipinski definition) is 2. The van der Waals surface area contributed by atoms with Gasteiger partial charge in [0, 0.05) is 41.6 Å². The molecule has 0 aromatic heterocycles. The molecular formula is C35H37F2N3O2. The number of unbranched alkanes of at least 4 members (excludes halogenated alkanes) is 1. The molecule has 0 saturated heterocycles. The third-order valence-corrected chi connectivity index (χ3v) is 8.19. The number of aliphatic imine (C=N–C) groups is 1. The number of anilines is 1. The Morgan fingerprint density at radius 3 is 2.76 bits per heavy atom. The van der Waals surface area contributed by atoms with Gasteiger partial charge in [0.1, 0.15) is 0 Å². The quantitative estimate of drug-likeness (QED) is 0.180. The van der Waals surface area contributed by atoms with Crippen LogP contribution in [0.25, 0.3) is 5.57 Å². The van der Waals surface area contributed by atoms with Crippen molar-refractivity contribution in [1.29, 1.82) is 5.41 Å². The van der Waals surface area contributed by atoms with Gasteiger partial charge in [0.05, 0.1) is 18.5 Å². The average Bonchev–Trinajstić information content (AvgIpc) is 3.12. The maximum atomic E-state index is 14.9. The van der Waals surface area contributed by atoms with Gasteiger partial charge in [-0.25, -0.2) is 4.39 Å². The van der Waals surface area contributed by atoms with Crippen LogP contribution in [-0.4, -0.2) is 24.3 Å². The van der Waals surface area contributed by atoms with Crippen molar-refractivity contribution >= 4 is 28.5 Å². The maximum absolute atomic E-state index is 14.9. The van der Waals surface area contributed by atoms with Crippen molar-refractivity contribution in [3.63, 3.8) is 0 Å². The largest absolute Gasteiger partial charge is 0.494 e. The van der Waals surface area contributed by atoms with Gasteiger partial charge in [0.25, 0.3) is 0 Å². The topological polar surface area (TPSA) is 74.5 Å². The number of nitrogens with zero attached hydrogens (tertiary/aromatic N) is 1. The van der Waals surface area contributed by atoms with Crippen molar-refractivity contribution < 1.29 is 18.3 Å². The van der Waals surface area contributed by atoms with Crippen LogP contribution in [0.5, 0.6) is 5.75 Å². The minimum Gasteiger partial charge on any atom is -0.494 e. The summed E-state index contributed by atoms with van der Waals surface area (Å²) in [6.45, 7) is 1.85. The molecule has 5 nitrogen and oxygen atoms in total. The third kappa shape index (κ3) is 6.67. The average molecular weight is 570 g/mol. The Bertz CT molecular complexity index is 1550. The minimum atomic E-state index is -1.01. The molecule has 218 valence electrons. The first-order valence-corrected chi connectivity index (χ1v) is 14.7. The number of hydrogen-bond acceptors (Lipinski definition) is 5. The lowest BCUT2D eigenvalue weighted by molar-refractivity contribution is 0.0961. The zero-order valence-corrected chi connectivity index (χ0v) is 24.2. The van der Waals surface area contributed by atoms with E-state index in [1.807, 2.05) is 37.3 Å². The molecule has 7 heteroatoms. The molecule has 5 rings (SSSR count). The van der Waals surface area contributed by atoms with Crippen molar-refractivity contribution in [2.75, 3.05) is 12.4 Å². The zero-order valence-electron chi connectivity index (χ0n) is 24.2. The summed E-state index contributed by atoms with van der Waals surface area (Å²) in [5.41, 5.74) is 6.71. The summed E-state index contributed by atoms with van der Waals surface area (Å²) in [6, 6.07) is 8.91. The molecule has 1 unspecified atom stereocenters. The molecule has 2 N–H and O–H groups in total. The number of allylic oxidation sites excluding steroid dienone is 6. The summed E-state index contributed by atoms with van der Waals surface area (Å²) in [5, 5.41) is 11.2. The molecule has 0 saturated carbocycles. The first-order chi connectivity index (χ1) is 20.3. The fourth-order valence-electron chi connectivity index (χ4n) is 5.91. The summed E-state index contributed by atoms with van der Waals surface area (Å²) >= 11 is 0. The number of fused-ring (bicyclic) bond motifs is 2. The molecule has 2 aromatic rings. The standard InChI is InChI=1S/C35H37F2N3O2/c1-22(38)8-6-7-9-23-12-13-24-20-27(14-15-28(24)31(41)18-23)40-30-11-5-3-4-10-25-19-26(21-39-35(25)30)29-16-17-32(42-2)34(37)33(29)36/h3-4,10-11,14-17,20-21,23,38,40H,5-9,12-13,18-19H2,1-2H3/b4-3-,25-10-,30-11?,38-22?. The lowest BCUT2D eigenvalue weighted by Gasteiger charge is -2.22. The second kappa shape index (κ2) is 13.2. The van der Waals surface area contributed by atoms with E-state index in [0.717, 1.165) is 78.0 Å². The van der Waals surface area contributed by atoms with Crippen molar-refractivity contribution in [2.45, 2.75) is 64.7 Å². The maximum Gasteiger partial charge on any atom is 0.201 e. The third-order valence-electron chi connectivity index (χ3n) is 8.19. The molecule has 0 bridgehead atoms. The summed E-state index contributed by atoms with van der Waals surface area (Å²) in [4.78, 5) is 17.8. The Labute approximate surface area is 246 Å². The normalized spacial score (nSPS) is 20.3. The number of halogens is 2.